The van der Waals surface area contributed by atoms with E-state index in [0.29, 0.717) is 0 Å². The minimum Gasteiger partial charge on any atom is -0.392 e. The molecule has 0 aromatic carbocycles. The Bertz CT molecular complexity index is 360. The molecule has 0 saturated heterocycles. The molecule has 0 aliphatic rings. The number of thiophene rings is 1. The number of nitrogens with one attached hydrogen (secondary N) is 1. The van der Waals surface area contributed by atoms with Gasteiger partial charge in [0.1, 0.15) is 0 Å². The van der Waals surface area contributed by atoms with Gasteiger partial charge in [-0.05, 0) is 41.1 Å². The van der Waals surface area contributed by atoms with Crippen molar-refractivity contribution in [3.8, 4) is 0 Å². The molecule has 0 spiro atoms. The molecule has 1 rings (SSSR count). The zero-order valence-corrected chi connectivity index (χ0v) is 10.6. The third-order valence-corrected chi connectivity index (χ3v) is 3.15. The van der Waals surface area contributed by atoms with E-state index in [4.69, 9.17) is 5.11 Å². The molecule has 0 unspecified atom stereocenters. The van der Waals surface area contributed by atoms with Crippen molar-refractivity contribution in [2.75, 3.05) is 6.54 Å². The fraction of sp³-hybridized carbons (Fsp3) is 0.300. The smallest absolute Gasteiger partial charge is 0.244 e. The zero-order valence-electron chi connectivity index (χ0n) is 8.24. The van der Waals surface area contributed by atoms with Crippen LogP contribution < -0.4 is 5.32 Å². The van der Waals surface area contributed by atoms with Crippen LogP contribution in [0.1, 0.15) is 11.8 Å². The monoisotopic (exact) mass is 289 g/mol. The Balaban J connectivity index is 2.40. The largest absolute Gasteiger partial charge is 0.392 e. The second-order valence-electron chi connectivity index (χ2n) is 3.07. The van der Waals surface area contributed by atoms with Crippen LogP contribution in [-0.2, 0) is 4.79 Å². The number of carbonyl (C=O) groups excluding carboxylic acids is 1. The molecule has 82 valence electrons. The summed E-state index contributed by atoms with van der Waals surface area (Å²) in [6.45, 7) is 1.90. The van der Waals surface area contributed by atoms with Crippen molar-refractivity contribution in [2.24, 2.45) is 0 Å². The van der Waals surface area contributed by atoms with Crippen molar-refractivity contribution in [3.05, 3.63) is 26.9 Å². The lowest BCUT2D eigenvalue weighted by molar-refractivity contribution is -0.116. The summed E-state index contributed by atoms with van der Waals surface area (Å²) in [5, 5.41) is 11.5. The maximum Gasteiger partial charge on any atom is 0.244 e. The average Bonchev–Trinajstić information content (AvgIpc) is 2.58. The van der Waals surface area contributed by atoms with Crippen LogP contribution in [-0.4, -0.2) is 23.7 Å². The first-order valence-corrected chi connectivity index (χ1v) is 6.08. The minimum atomic E-state index is -0.516. The summed E-state index contributed by atoms with van der Waals surface area (Å²) < 4.78 is 1.03. The number of hydrogen-bond donors (Lipinski definition) is 2. The summed E-state index contributed by atoms with van der Waals surface area (Å²) >= 11 is 4.89. The number of amides is 1. The number of rotatable bonds is 4. The fourth-order valence-electron chi connectivity index (χ4n) is 0.883. The SMILES string of the molecule is C[C@H](O)CNC(=O)/C=C/c1ccc(Br)s1. The average molecular weight is 290 g/mol. The molecule has 1 atom stereocenters. The molecule has 2 N–H and O–H groups in total. The third-order valence-electron chi connectivity index (χ3n) is 1.56. The highest BCUT2D eigenvalue weighted by Crippen LogP contribution is 2.22. The van der Waals surface area contributed by atoms with Crippen molar-refractivity contribution >= 4 is 39.2 Å². The minimum absolute atomic E-state index is 0.194. The van der Waals surface area contributed by atoms with E-state index in [0.717, 1.165) is 8.66 Å². The Morgan fingerprint density at radius 1 is 1.73 bits per heavy atom. The number of carbonyl (C=O) groups is 1. The molecule has 1 aromatic heterocycles. The Morgan fingerprint density at radius 3 is 3.00 bits per heavy atom. The van der Waals surface area contributed by atoms with Gasteiger partial charge >= 0.3 is 0 Å². The lowest BCUT2D eigenvalue weighted by Crippen LogP contribution is -2.28. The van der Waals surface area contributed by atoms with E-state index < -0.39 is 6.10 Å². The van der Waals surface area contributed by atoms with Gasteiger partial charge in [0, 0.05) is 17.5 Å². The Hall–Kier alpha value is -0.650. The van der Waals surface area contributed by atoms with Crippen LogP contribution in [0.25, 0.3) is 6.08 Å². The Morgan fingerprint density at radius 2 is 2.47 bits per heavy atom. The highest BCUT2D eigenvalue weighted by Gasteiger charge is 1.99. The first-order chi connectivity index (χ1) is 7.08. The fourth-order valence-corrected chi connectivity index (χ4v) is 2.21. The van der Waals surface area contributed by atoms with Gasteiger partial charge < -0.3 is 10.4 Å². The van der Waals surface area contributed by atoms with Gasteiger partial charge in [-0.15, -0.1) is 11.3 Å². The maximum absolute atomic E-state index is 11.2. The van der Waals surface area contributed by atoms with Crippen LogP contribution in [0.4, 0.5) is 0 Å². The molecule has 1 amide bonds. The van der Waals surface area contributed by atoms with Gasteiger partial charge in [0.2, 0.25) is 5.91 Å². The molecule has 5 heteroatoms. The highest BCUT2D eigenvalue weighted by molar-refractivity contribution is 9.11. The second kappa shape index (κ2) is 6.05. The van der Waals surface area contributed by atoms with E-state index in [1.54, 1.807) is 24.3 Å². The number of hydrogen-bond acceptors (Lipinski definition) is 3. The van der Waals surface area contributed by atoms with Crippen molar-refractivity contribution < 1.29 is 9.90 Å². The molecule has 1 aromatic rings. The molecule has 0 saturated carbocycles. The van der Waals surface area contributed by atoms with Crippen LogP contribution in [0.5, 0.6) is 0 Å². The van der Waals surface area contributed by atoms with Crippen LogP contribution >= 0.6 is 27.3 Å². The Kier molecular flexibility index (Phi) is 5.01. The third kappa shape index (κ3) is 5.11. The molecule has 0 fully saturated rings. The van der Waals surface area contributed by atoms with Crippen molar-refractivity contribution in [2.45, 2.75) is 13.0 Å². The zero-order chi connectivity index (χ0) is 11.3. The van der Waals surface area contributed by atoms with Crippen molar-refractivity contribution in [3.63, 3.8) is 0 Å². The number of halogens is 1. The summed E-state index contributed by atoms with van der Waals surface area (Å²) in [5.74, 6) is -0.194. The van der Waals surface area contributed by atoms with Gasteiger partial charge in [-0.3, -0.25) is 4.79 Å². The van der Waals surface area contributed by atoms with E-state index >= 15 is 0 Å². The van der Waals surface area contributed by atoms with E-state index in [9.17, 15) is 4.79 Å². The van der Waals surface area contributed by atoms with Crippen LogP contribution in [0.3, 0.4) is 0 Å². The molecule has 0 bridgehead atoms. The summed E-state index contributed by atoms with van der Waals surface area (Å²) in [7, 11) is 0. The predicted molar refractivity (Wildman–Crippen MR) is 65.7 cm³/mol. The van der Waals surface area contributed by atoms with E-state index in [1.807, 2.05) is 12.1 Å². The first kappa shape index (κ1) is 12.4. The molecular formula is C10H12BrNO2S. The highest BCUT2D eigenvalue weighted by atomic mass is 79.9. The van der Waals surface area contributed by atoms with Gasteiger partial charge in [-0.2, -0.15) is 0 Å². The van der Waals surface area contributed by atoms with Crippen LogP contribution in [0.15, 0.2) is 22.0 Å². The summed E-state index contributed by atoms with van der Waals surface area (Å²) in [6.07, 6.45) is 2.69. The molecule has 1 heterocycles. The van der Waals surface area contributed by atoms with Gasteiger partial charge in [0.25, 0.3) is 0 Å². The van der Waals surface area contributed by atoms with E-state index in [1.165, 1.54) is 6.08 Å². The molecule has 3 nitrogen and oxygen atoms in total. The second-order valence-corrected chi connectivity index (χ2v) is 5.56. The van der Waals surface area contributed by atoms with E-state index in [2.05, 4.69) is 21.2 Å². The standard InChI is InChI=1S/C10H12BrNO2S/c1-7(13)6-12-10(14)5-3-8-2-4-9(11)15-8/h2-5,7,13H,6H2,1H3,(H,12,14)/b5-3+/t7-/m0/s1. The lowest BCUT2D eigenvalue weighted by Gasteiger charge is -2.03. The molecule has 0 aliphatic carbocycles. The first-order valence-electron chi connectivity index (χ1n) is 4.47. The molecular weight excluding hydrogens is 278 g/mol. The maximum atomic E-state index is 11.2. The molecule has 0 aliphatic heterocycles. The van der Waals surface area contributed by atoms with Crippen LogP contribution in [0, 0.1) is 0 Å². The van der Waals surface area contributed by atoms with Crippen molar-refractivity contribution in [1.82, 2.24) is 5.32 Å². The van der Waals surface area contributed by atoms with E-state index in [-0.39, 0.29) is 12.5 Å². The lowest BCUT2D eigenvalue weighted by atomic mass is 10.3. The molecule has 0 radical (unpaired) electrons. The van der Waals surface area contributed by atoms with Crippen molar-refractivity contribution in [1.29, 1.82) is 0 Å². The summed E-state index contributed by atoms with van der Waals surface area (Å²) in [4.78, 5) is 12.2. The van der Waals surface area contributed by atoms with Crippen LogP contribution in [0.2, 0.25) is 0 Å². The molecule has 15 heavy (non-hydrogen) atoms. The Labute approximate surface area is 101 Å². The van der Waals surface area contributed by atoms with Gasteiger partial charge in [-0.25, -0.2) is 0 Å². The summed E-state index contributed by atoms with van der Waals surface area (Å²) in [6, 6.07) is 3.85. The van der Waals surface area contributed by atoms with Gasteiger partial charge in [0.05, 0.1) is 9.89 Å². The predicted octanol–water partition coefficient (Wildman–Crippen LogP) is 2.02. The van der Waals surface area contributed by atoms with Gasteiger partial charge in [0.15, 0.2) is 0 Å². The normalized spacial score (nSPS) is 13.0. The van der Waals surface area contributed by atoms with Gasteiger partial charge in [-0.1, -0.05) is 0 Å². The number of aliphatic hydroxyl groups is 1. The quantitative estimate of drug-likeness (QED) is 0.834. The topological polar surface area (TPSA) is 49.3 Å². The summed E-state index contributed by atoms with van der Waals surface area (Å²) in [5.41, 5.74) is 0. The number of aliphatic hydroxyl groups excluding tert-OH is 1.